The average molecular weight is 215 g/mol. The van der Waals surface area contributed by atoms with Crippen LogP contribution in [0.3, 0.4) is 0 Å². The molecule has 0 atom stereocenters. The van der Waals surface area contributed by atoms with E-state index < -0.39 is 5.60 Å². The smallest absolute Gasteiger partial charge is 0.246 e. The summed E-state index contributed by atoms with van der Waals surface area (Å²) >= 11 is 0. The van der Waals surface area contributed by atoms with Crippen LogP contribution >= 0.6 is 0 Å². The van der Waals surface area contributed by atoms with Gasteiger partial charge in [-0.05, 0) is 19.8 Å². The fraction of sp³-hybridized carbons (Fsp3) is 0.909. The molecule has 0 unspecified atom stereocenters. The van der Waals surface area contributed by atoms with E-state index in [0.717, 1.165) is 25.7 Å². The van der Waals surface area contributed by atoms with E-state index in [1.54, 1.807) is 0 Å². The van der Waals surface area contributed by atoms with Gasteiger partial charge in [-0.1, -0.05) is 19.3 Å². The molecule has 0 spiro atoms. The van der Waals surface area contributed by atoms with Crippen LogP contribution in [0.15, 0.2) is 0 Å². The highest BCUT2D eigenvalue weighted by molar-refractivity contribution is 5.77. The second-order valence-corrected chi connectivity index (χ2v) is 4.20. The van der Waals surface area contributed by atoms with E-state index >= 15 is 0 Å². The molecule has 15 heavy (non-hydrogen) atoms. The molecule has 1 saturated carbocycles. The Hall–Kier alpha value is -0.610. The van der Waals surface area contributed by atoms with E-state index in [1.807, 2.05) is 6.92 Å². The summed E-state index contributed by atoms with van der Waals surface area (Å²) in [5, 5.41) is 12.8. The van der Waals surface area contributed by atoms with Gasteiger partial charge in [0.2, 0.25) is 5.91 Å². The van der Waals surface area contributed by atoms with Crippen molar-refractivity contribution in [3.05, 3.63) is 0 Å². The second-order valence-electron chi connectivity index (χ2n) is 4.20. The molecule has 0 radical (unpaired) electrons. The molecule has 2 N–H and O–H groups in total. The highest BCUT2D eigenvalue weighted by Crippen LogP contribution is 2.27. The number of aliphatic hydroxyl groups is 1. The van der Waals surface area contributed by atoms with Crippen molar-refractivity contribution >= 4 is 5.91 Å². The molecule has 1 aliphatic rings. The molecule has 0 saturated heterocycles. The van der Waals surface area contributed by atoms with Crippen LogP contribution in [-0.2, 0) is 9.53 Å². The molecule has 4 heteroatoms. The summed E-state index contributed by atoms with van der Waals surface area (Å²) in [4.78, 5) is 11.2. The van der Waals surface area contributed by atoms with Crippen molar-refractivity contribution in [2.24, 2.45) is 0 Å². The van der Waals surface area contributed by atoms with Gasteiger partial charge in [-0.15, -0.1) is 0 Å². The lowest BCUT2D eigenvalue weighted by Gasteiger charge is -2.32. The summed E-state index contributed by atoms with van der Waals surface area (Å²) < 4.78 is 4.97. The Balaban J connectivity index is 2.19. The van der Waals surface area contributed by atoms with Crippen molar-refractivity contribution in [2.75, 3.05) is 19.8 Å². The van der Waals surface area contributed by atoms with E-state index in [4.69, 9.17) is 4.74 Å². The first kappa shape index (κ1) is 12.5. The molecule has 0 heterocycles. The molecule has 0 aliphatic heterocycles. The number of nitrogens with one attached hydrogen (secondary N) is 1. The Morgan fingerprint density at radius 1 is 1.40 bits per heavy atom. The predicted molar refractivity (Wildman–Crippen MR) is 57.5 cm³/mol. The Morgan fingerprint density at radius 2 is 2.07 bits per heavy atom. The fourth-order valence-corrected chi connectivity index (χ4v) is 1.90. The van der Waals surface area contributed by atoms with E-state index in [2.05, 4.69) is 5.32 Å². The third-order valence-electron chi connectivity index (χ3n) is 2.84. The zero-order valence-corrected chi connectivity index (χ0v) is 9.42. The van der Waals surface area contributed by atoms with Crippen LogP contribution in [0, 0.1) is 0 Å². The number of ether oxygens (including phenoxy) is 1. The van der Waals surface area contributed by atoms with Gasteiger partial charge in [-0.2, -0.15) is 0 Å². The minimum Gasteiger partial charge on any atom is -0.388 e. The molecular weight excluding hydrogens is 194 g/mol. The quantitative estimate of drug-likeness (QED) is 0.714. The van der Waals surface area contributed by atoms with E-state index in [0.29, 0.717) is 13.2 Å². The van der Waals surface area contributed by atoms with Gasteiger partial charge < -0.3 is 15.2 Å². The van der Waals surface area contributed by atoms with E-state index in [-0.39, 0.29) is 12.5 Å². The lowest BCUT2D eigenvalue weighted by molar-refractivity contribution is -0.127. The Morgan fingerprint density at radius 3 is 2.67 bits per heavy atom. The van der Waals surface area contributed by atoms with Crippen LogP contribution in [0.25, 0.3) is 0 Å². The molecule has 1 amide bonds. The predicted octanol–water partition coefficient (Wildman–Crippen LogP) is 0.834. The van der Waals surface area contributed by atoms with Crippen LogP contribution in [0.2, 0.25) is 0 Å². The van der Waals surface area contributed by atoms with Crippen LogP contribution in [0.4, 0.5) is 0 Å². The van der Waals surface area contributed by atoms with Gasteiger partial charge in [-0.3, -0.25) is 4.79 Å². The Kier molecular flexibility index (Phi) is 5.05. The third-order valence-corrected chi connectivity index (χ3v) is 2.84. The lowest BCUT2D eigenvalue weighted by Crippen LogP contribution is -2.45. The zero-order chi connectivity index (χ0) is 11.1. The zero-order valence-electron chi connectivity index (χ0n) is 9.42. The summed E-state index contributed by atoms with van der Waals surface area (Å²) in [7, 11) is 0. The van der Waals surface area contributed by atoms with E-state index in [9.17, 15) is 9.90 Å². The molecule has 0 bridgehead atoms. The Labute approximate surface area is 91.0 Å². The monoisotopic (exact) mass is 215 g/mol. The SMILES string of the molecule is CCOCC(=O)NCC1(O)CCCCC1. The van der Waals surface area contributed by atoms with Crippen LogP contribution in [0.1, 0.15) is 39.0 Å². The maximum atomic E-state index is 11.2. The normalized spacial score (nSPS) is 19.9. The maximum absolute atomic E-state index is 11.2. The third kappa shape index (κ3) is 4.62. The van der Waals surface area contributed by atoms with Crippen LogP contribution in [-0.4, -0.2) is 36.4 Å². The molecular formula is C11H21NO3. The molecule has 0 aromatic rings. The summed E-state index contributed by atoms with van der Waals surface area (Å²) in [5.41, 5.74) is -0.680. The van der Waals surface area contributed by atoms with Crippen molar-refractivity contribution in [1.82, 2.24) is 5.32 Å². The van der Waals surface area contributed by atoms with Crippen molar-refractivity contribution in [3.63, 3.8) is 0 Å². The number of hydrogen-bond acceptors (Lipinski definition) is 3. The topological polar surface area (TPSA) is 58.6 Å². The molecule has 88 valence electrons. The fourth-order valence-electron chi connectivity index (χ4n) is 1.90. The summed E-state index contributed by atoms with van der Waals surface area (Å²) in [5.74, 6) is -0.143. The summed E-state index contributed by atoms with van der Waals surface area (Å²) in [6.07, 6.45) is 4.88. The van der Waals surface area contributed by atoms with E-state index in [1.165, 1.54) is 6.42 Å². The average Bonchev–Trinajstić information content (AvgIpc) is 2.25. The minimum atomic E-state index is -0.680. The molecule has 1 aliphatic carbocycles. The highest BCUT2D eigenvalue weighted by Gasteiger charge is 2.29. The van der Waals surface area contributed by atoms with Gasteiger partial charge in [0.25, 0.3) is 0 Å². The van der Waals surface area contributed by atoms with Gasteiger partial charge in [0.05, 0.1) is 5.60 Å². The van der Waals surface area contributed by atoms with Gasteiger partial charge in [-0.25, -0.2) is 0 Å². The number of carbonyl (C=O) groups is 1. The first-order valence-corrected chi connectivity index (χ1v) is 5.73. The van der Waals surface area contributed by atoms with Gasteiger partial charge in [0, 0.05) is 13.2 Å². The highest BCUT2D eigenvalue weighted by atomic mass is 16.5. The number of carbonyl (C=O) groups excluding carboxylic acids is 1. The van der Waals surface area contributed by atoms with Crippen molar-refractivity contribution < 1.29 is 14.6 Å². The number of amides is 1. The molecule has 0 aromatic heterocycles. The molecule has 1 fully saturated rings. The molecule has 0 aromatic carbocycles. The summed E-state index contributed by atoms with van der Waals surface area (Å²) in [6, 6.07) is 0. The maximum Gasteiger partial charge on any atom is 0.246 e. The van der Waals surface area contributed by atoms with Crippen LogP contribution in [0.5, 0.6) is 0 Å². The van der Waals surface area contributed by atoms with Crippen molar-refractivity contribution in [3.8, 4) is 0 Å². The number of rotatable bonds is 5. The minimum absolute atomic E-state index is 0.0899. The van der Waals surface area contributed by atoms with Gasteiger partial charge in [0.1, 0.15) is 6.61 Å². The first-order valence-electron chi connectivity index (χ1n) is 5.73. The Bertz CT molecular complexity index is 200. The van der Waals surface area contributed by atoms with Crippen molar-refractivity contribution in [2.45, 2.75) is 44.6 Å². The van der Waals surface area contributed by atoms with Crippen LogP contribution < -0.4 is 5.32 Å². The second kappa shape index (κ2) is 6.08. The van der Waals surface area contributed by atoms with Crippen molar-refractivity contribution in [1.29, 1.82) is 0 Å². The number of hydrogen-bond donors (Lipinski definition) is 2. The molecule has 4 nitrogen and oxygen atoms in total. The first-order chi connectivity index (χ1) is 7.16. The lowest BCUT2D eigenvalue weighted by atomic mass is 9.85. The largest absolute Gasteiger partial charge is 0.388 e. The van der Waals surface area contributed by atoms with Gasteiger partial charge >= 0.3 is 0 Å². The van der Waals surface area contributed by atoms with Gasteiger partial charge in [0.15, 0.2) is 0 Å². The standard InChI is InChI=1S/C11H21NO3/c1-2-15-8-10(13)12-9-11(14)6-4-3-5-7-11/h14H,2-9H2,1H3,(H,12,13). The summed E-state index contributed by atoms with van der Waals surface area (Å²) in [6.45, 7) is 2.84. The molecule has 1 rings (SSSR count).